The fourth-order valence-corrected chi connectivity index (χ4v) is 3.75. The highest BCUT2D eigenvalue weighted by molar-refractivity contribution is 4.87. The summed E-state index contributed by atoms with van der Waals surface area (Å²) < 4.78 is 0. The van der Waals surface area contributed by atoms with Crippen LogP contribution in [0.3, 0.4) is 0 Å². The summed E-state index contributed by atoms with van der Waals surface area (Å²) >= 11 is 0. The van der Waals surface area contributed by atoms with E-state index in [1.807, 2.05) is 0 Å². The van der Waals surface area contributed by atoms with Gasteiger partial charge in [0.05, 0.1) is 0 Å². The fraction of sp³-hybridized carbons (Fsp3) is 1.00. The van der Waals surface area contributed by atoms with E-state index in [-0.39, 0.29) is 0 Å². The van der Waals surface area contributed by atoms with Gasteiger partial charge in [0.1, 0.15) is 0 Å². The van der Waals surface area contributed by atoms with Crippen molar-refractivity contribution in [1.29, 1.82) is 0 Å². The Morgan fingerprint density at radius 2 is 1.75 bits per heavy atom. The predicted octanol–water partition coefficient (Wildman–Crippen LogP) is 4.45. The minimum atomic E-state index is 0.530. The maximum atomic E-state index is 3.50. The molecule has 1 aliphatic rings. The van der Waals surface area contributed by atoms with Crippen LogP contribution in [0.1, 0.15) is 78.6 Å². The molecule has 0 bridgehead atoms. The molecule has 1 rings (SSSR count). The van der Waals surface area contributed by atoms with E-state index >= 15 is 0 Å². The van der Waals surface area contributed by atoms with Gasteiger partial charge in [0.25, 0.3) is 0 Å². The molecular formula is C18H38N2. The van der Waals surface area contributed by atoms with Gasteiger partial charge in [-0.2, -0.15) is 0 Å². The van der Waals surface area contributed by atoms with E-state index in [0.29, 0.717) is 5.41 Å². The molecule has 2 heteroatoms. The molecule has 0 aromatic carbocycles. The van der Waals surface area contributed by atoms with E-state index in [4.69, 9.17) is 0 Å². The van der Waals surface area contributed by atoms with Crippen LogP contribution in [0.25, 0.3) is 0 Å². The van der Waals surface area contributed by atoms with Crippen LogP contribution < -0.4 is 5.32 Å². The minimum Gasteiger partial charge on any atom is -0.319 e. The van der Waals surface area contributed by atoms with E-state index in [1.54, 1.807) is 0 Å². The average molecular weight is 283 g/mol. The number of nitrogens with one attached hydrogen (secondary N) is 1. The maximum absolute atomic E-state index is 3.50. The van der Waals surface area contributed by atoms with Crippen molar-refractivity contribution >= 4 is 0 Å². The SMILES string of the molecule is CCCCN(CC1(CNC)CCCCCC1)C(C)CC. The van der Waals surface area contributed by atoms with Crippen LogP contribution in [0.5, 0.6) is 0 Å². The summed E-state index contributed by atoms with van der Waals surface area (Å²) in [6.45, 7) is 10.9. The third-order valence-corrected chi connectivity index (χ3v) is 5.27. The Labute approximate surface area is 127 Å². The number of nitrogens with zero attached hydrogens (tertiary/aromatic N) is 1. The molecule has 0 aliphatic heterocycles. The largest absolute Gasteiger partial charge is 0.319 e. The van der Waals surface area contributed by atoms with Crippen LogP contribution in [-0.4, -0.2) is 37.6 Å². The van der Waals surface area contributed by atoms with Gasteiger partial charge in [-0.25, -0.2) is 0 Å². The van der Waals surface area contributed by atoms with Gasteiger partial charge >= 0.3 is 0 Å². The number of unbranched alkanes of at least 4 members (excludes halogenated alkanes) is 1. The monoisotopic (exact) mass is 282 g/mol. The topological polar surface area (TPSA) is 15.3 Å². The second-order valence-corrected chi connectivity index (χ2v) is 7.03. The van der Waals surface area contributed by atoms with E-state index < -0.39 is 0 Å². The van der Waals surface area contributed by atoms with Crippen LogP contribution in [0.15, 0.2) is 0 Å². The molecule has 1 atom stereocenters. The first-order valence-electron chi connectivity index (χ1n) is 9.06. The van der Waals surface area contributed by atoms with Crippen LogP contribution in [-0.2, 0) is 0 Å². The van der Waals surface area contributed by atoms with Gasteiger partial charge in [-0.05, 0) is 51.6 Å². The van der Waals surface area contributed by atoms with Crippen LogP contribution in [0.4, 0.5) is 0 Å². The second kappa shape index (κ2) is 9.78. The molecule has 20 heavy (non-hydrogen) atoms. The van der Waals surface area contributed by atoms with Crippen LogP contribution in [0, 0.1) is 5.41 Å². The highest BCUT2D eigenvalue weighted by Gasteiger charge is 2.33. The zero-order chi connectivity index (χ0) is 14.8. The lowest BCUT2D eigenvalue weighted by molar-refractivity contribution is 0.0961. The molecule has 2 nitrogen and oxygen atoms in total. The van der Waals surface area contributed by atoms with Gasteiger partial charge in [0.2, 0.25) is 0 Å². The third-order valence-electron chi connectivity index (χ3n) is 5.27. The van der Waals surface area contributed by atoms with E-state index in [0.717, 1.165) is 6.04 Å². The van der Waals surface area contributed by atoms with Crippen molar-refractivity contribution in [1.82, 2.24) is 10.2 Å². The van der Waals surface area contributed by atoms with Crippen molar-refractivity contribution in [2.45, 2.75) is 84.6 Å². The van der Waals surface area contributed by atoms with Gasteiger partial charge in [-0.3, -0.25) is 0 Å². The molecule has 120 valence electrons. The summed E-state index contributed by atoms with van der Waals surface area (Å²) in [5.41, 5.74) is 0.530. The first kappa shape index (κ1) is 18.0. The lowest BCUT2D eigenvalue weighted by Gasteiger charge is -2.40. The lowest BCUT2D eigenvalue weighted by Crippen LogP contribution is -2.46. The Morgan fingerprint density at radius 3 is 2.25 bits per heavy atom. The van der Waals surface area contributed by atoms with Gasteiger partial charge in [0.15, 0.2) is 0 Å². The normalized spacial score (nSPS) is 20.9. The van der Waals surface area contributed by atoms with Crippen molar-refractivity contribution in [2.75, 3.05) is 26.7 Å². The average Bonchev–Trinajstić information content (AvgIpc) is 2.69. The van der Waals surface area contributed by atoms with Crippen LogP contribution in [0.2, 0.25) is 0 Å². The van der Waals surface area contributed by atoms with E-state index in [9.17, 15) is 0 Å². The molecular weight excluding hydrogens is 244 g/mol. The summed E-state index contributed by atoms with van der Waals surface area (Å²) in [4.78, 5) is 2.78. The second-order valence-electron chi connectivity index (χ2n) is 7.03. The van der Waals surface area contributed by atoms with Crippen molar-refractivity contribution in [3.8, 4) is 0 Å². The summed E-state index contributed by atoms with van der Waals surface area (Å²) in [6, 6.07) is 0.735. The van der Waals surface area contributed by atoms with Gasteiger partial charge in [-0.1, -0.05) is 46.0 Å². The number of hydrogen-bond acceptors (Lipinski definition) is 2. The summed E-state index contributed by atoms with van der Waals surface area (Å²) in [7, 11) is 2.13. The van der Waals surface area contributed by atoms with Gasteiger partial charge in [0, 0.05) is 19.1 Å². The van der Waals surface area contributed by atoms with Crippen LogP contribution >= 0.6 is 0 Å². The molecule has 0 amide bonds. The maximum Gasteiger partial charge on any atom is 0.00645 e. The molecule has 1 aliphatic carbocycles. The van der Waals surface area contributed by atoms with Gasteiger partial charge in [-0.15, -0.1) is 0 Å². The summed E-state index contributed by atoms with van der Waals surface area (Å²) in [5.74, 6) is 0. The molecule has 1 N–H and O–H groups in total. The summed E-state index contributed by atoms with van der Waals surface area (Å²) in [5, 5.41) is 3.50. The Hall–Kier alpha value is -0.0800. The Bertz CT molecular complexity index is 232. The molecule has 0 heterocycles. The van der Waals surface area contributed by atoms with Gasteiger partial charge < -0.3 is 10.2 Å². The third kappa shape index (κ3) is 5.73. The number of rotatable bonds is 9. The van der Waals surface area contributed by atoms with Crippen molar-refractivity contribution < 1.29 is 0 Å². The van der Waals surface area contributed by atoms with Crippen molar-refractivity contribution in [2.24, 2.45) is 5.41 Å². The smallest absolute Gasteiger partial charge is 0.00645 e. The first-order valence-corrected chi connectivity index (χ1v) is 9.06. The zero-order valence-electron chi connectivity index (χ0n) is 14.5. The fourth-order valence-electron chi connectivity index (χ4n) is 3.75. The van der Waals surface area contributed by atoms with E-state index in [2.05, 4.69) is 38.0 Å². The molecule has 0 radical (unpaired) electrons. The molecule has 0 spiro atoms. The Balaban J connectivity index is 2.71. The lowest BCUT2D eigenvalue weighted by atomic mass is 9.79. The van der Waals surface area contributed by atoms with Crippen molar-refractivity contribution in [3.05, 3.63) is 0 Å². The first-order chi connectivity index (χ1) is 9.67. The number of hydrogen-bond donors (Lipinski definition) is 1. The predicted molar refractivity (Wildman–Crippen MR) is 90.3 cm³/mol. The Morgan fingerprint density at radius 1 is 1.10 bits per heavy atom. The molecule has 0 saturated heterocycles. The molecule has 1 saturated carbocycles. The minimum absolute atomic E-state index is 0.530. The van der Waals surface area contributed by atoms with Crippen molar-refractivity contribution in [3.63, 3.8) is 0 Å². The zero-order valence-corrected chi connectivity index (χ0v) is 14.5. The molecule has 0 aromatic heterocycles. The molecule has 1 unspecified atom stereocenters. The standard InChI is InChI=1S/C18H38N2/c1-5-7-14-20(17(3)6-2)16-18(15-19-4)12-10-8-9-11-13-18/h17,19H,5-16H2,1-4H3. The molecule has 1 fully saturated rings. The quantitative estimate of drug-likeness (QED) is 0.629. The highest BCUT2D eigenvalue weighted by atomic mass is 15.2. The Kier molecular flexibility index (Phi) is 8.79. The highest BCUT2D eigenvalue weighted by Crippen LogP contribution is 2.36. The molecule has 0 aromatic rings. The van der Waals surface area contributed by atoms with E-state index in [1.165, 1.54) is 77.4 Å². The summed E-state index contributed by atoms with van der Waals surface area (Å²) in [6.07, 6.45) is 12.5.